The summed E-state index contributed by atoms with van der Waals surface area (Å²) in [4.78, 5) is 0. The fraction of sp³-hybridized carbons (Fsp3) is 0.222. The summed E-state index contributed by atoms with van der Waals surface area (Å²) in [6.45, 7) is 4.38. The van der Waals surface area contributed by atoms with Crippen LogP contribution in [0.1, 0.15) is 11.1 Å². The molecule has 0 aliphatic rings. The van der Waals surface area contributed by atoms with Crippen LogP contribution in [0.15, 0.2) is 48.7 Å². The van der Waals surface area contributed by atoms with Crippen LogP contribution in [0.3, 0.4) is 0 Å². The number of pyridine rings is 2. The molecule has 0 amide bonds. The number of aromatic nitrogens is 2. The van der Waals surface area contributed by atoms with Crippen molar-refractivity contribution in [3.63, 3.8) is 0 Å². The molecule has 31 heavy (non-hydrogen) atoms. The maximum atomic E-state index is 14.3. The predicted molar refractivity (Wildman–Crippen MR) is 132 cm³/mol. The maximum absolute atomic E-state index is 14.3. The van der Waals surface area contributed by atoms with Crippen LogP contribution in [0, 0.1) is 19.7 Å². The van der Waals surface area contributed by atoms with Gasteiger partial charge in [-0.25, -0.2) is 0 Å². The fourth-order valence-electron chi connectivity index (χ4n) is 5.31. The van der Waals surface area contributed by atoms with Gasteiger partial charge in [0.2, 0.25) is 0 Å². The monoisotopic (exact) mass is 471 g/mol. The van der Waals surface area contributed by atoms with E-state index in [1.807, 2.05) is 6.07 Å². The SMILES string of the molecule is Cc1cc2c3cc(F)ccc3n3c4c[c]([Ge]([CH3])([CH3])[CH3])cc5cc[n+](C)c(c(c1C)c23)c54. The van der Waals surface area contributed by atoms with E-state index in [4.69, 9.17) is 0 Å². The zero-order chi connectivity index (χ0) is 21.8. The van der Waals surface area contributed by atoms with Crippen molar-refractivity contribution >= 4 is 66.7 Å². The van der Waals surface area contributed by atoms with Crippen LogP contribution in [0.25, 0.3) is 49.0 Å². The van der Waals surface area contributed by atoms with Gasteiger partial charge in [-0.2, -0.15) is 0 Å². The molecule has 0 aliphatic heterocycles. The molecule has 0 atom stereocenters. The molecule has 0 radical (unpaired) electrons. The van der Waals surface area contributed by atoms with Gasteiger partial charge in [0.05, 0.1) is 0 Å². The first-order valence-electron chi connectivity index (χ1n) is 10.9. The van der Waals surface area contributed by atoms with E-state index < -0.39 is 13.3 Å². The minimum absolute atomic E-state index is 0.183. The summed E-state index contributed by atoms with van der Waals surface area (Å²) in [7, 11) is 2.14. The quantitative estimate of drug-likeness (QED) is 0.119. The number of hydrogen-bond acceptors (Lipinski definition) is 0. The molecule has 6 aromatic rings. The van der Waals surface area contributed by atoms with Crippen molar-refractivity contribution in [1.29, 1.82) is 0 Å². The fourth-order valence-corrected chi connectivity index (χ4v) is 7.74. The number of rotatable bonds is 1. The molecule has 3 aromatic carbocycles. The normalized spacial score (nSPS) is 13.0. The summed E-state index contributed by atoms with van der Waals surface area (Å²) in [6.07, 6.45) is 2.19. The second-order valence-corrected chi connectivity index (χ2v) is 20.7. The van der Waals surface area contributed by atoms with Gasteiger partial charge in [0.15, 0.2) is 0 Å². The molecular weight excluding hydrogens is 444 g/mol. The molecule has 0 spiro atoms. The molecule has 0 N–H and O–H groups in total. The third-order valence-corrected chi connectivity index (χ3v) is 11.3. The molecular formula is C27H26FGeN2+. The molecule has 6 rings (SSSR count). The Kier molecular flexibility index (Phi) is 3.67. The minimum atomic E-state index is -2.08. The number of aryl methyl sites for hydroxylation is 3. The third kappa shape index (κ3) is 2.41. The Morgan fingerprint density at radius 1 is 0.871 bits per heavy atom. The van der Waals surface area contributed by atoms with E-state index in [0.29, 0.717) is 0 Å². The van der Waals surface area contributed by atoms with Gasteiger partial charge >= 0.3 is 184 Å². The average molecular weight is 470 g/mol. The molecule has 0 aliphatic carbocycles. The van der Waals surface area contributed by atoms with E-state index in [0.717, 1.165) is 16.3 Å². The molecule has 2 nitrogen and oxygen atoms in total. The zero-order valence-corrected chi connectivity index (χ0v) is 21.0. The standard InChI is InChI=1S/C27H26FGeN2/c1-15-11-21-20-13-18(28)7-8-22(20)31-23-14-19(29(3,4)5)12-17-9-10-30(6)27(25(17)23)24(16(15)2)26(21)31/h7-14H,1-6H3/q+1. The van der Waals surface area contributed by atoms with Crippen LogP contribution < -0.4 is 8.96 Å². The molecule has 0 bridgehead atoms. The number of benzene rings is 3. The second kappa shape index (κ2) is 5.98. The Hall–Kier alpha value is -2.66. The van der Waals surface area contributed by atoms with E-state index in [2.05, 4.69) is 77.6 Å². The Morgan fingerprint density at radius 2 is 1.65 bits per heavy atom. The molecule has 0 saturated heterocycles. The number of nitrogens with zero attached hydrogens (tertiary/aromatic N) is 2. The van der Waals surface area contributed by atoms with Gasteiger partial charge in [-0.15, -0.1) is 0 Å². The van der Waals surface area contributed by atoms with Crippen molar-refractivity contribution in [3.05, 3.63) is 65.6 Å². The van der Waals surface area contributed by atoms with Gasteiger partial charge < -0.3 is 0 Å². The van der Waals surface area contributed by atoms with E-state index in [9.17, 15) is 4.39 Å². The first kappa shape index (κ1) is 19.1. The second-order valence-electron chi connectivity index (χ2n) is 10.1. The molecule has 4 heteroatoms. The van der Waals surface area contributed by atoms with Crippen LogP contribution in [0.2, 0.25) is 17.3 Å². The van der Waals surface area contributed by atoms with Crippen LogP contribution in [0.5, 0.6) is 0 Å². The van der Waals surface area contributed by atoms with Gasteiger partial charge in [-0.1, -0.05) is 0 Å². The van der Waals surface area contributed by atoms with Crippen LogP contribution in [-0.2, 0) is 7.05 Å². The van der Waals surface area contributed by atoms with Crippen LogP contribution >= 0.6 is 0 Å². The topological polar surface area (TPSA) is 8.29 Å². The Morgan fingerprint density at radius 3 is 2.39 bits per heavy atom. The summed E-state index contributed by atoms with van der Waals surface area (Å²) in [5.74, 6) is 7.15. The number of hydrogen-bond donors (Lipinski definition) is 0. The summed E-state index contributed by atoms with van der Waals surface area (Å²) < 4.78 is 20.5. The molecule has 0 unspecified atom stereocenters. The molecule has 0 saturated carbocycles. The number of halogens is 1. The summed E-state index contributed by atoms with van der Waals surface area (Å²) in [5.41, 5.74) is 7.33. The van der Waals surface area contributed by atoms with Gasteiger partial charge in [0.1, 0.15) is 0 Å². The molecule has 0 fully saturated rings. The molecule has 3 heterocycles. The Labute approximate surface area is 183 Å². The van der Waals surface area contributed by atoms with Gasteiger partial charge in [0, 0.05) is 0 Å². The van der Waals surface area contributed by atoms with Crippen molar-refractivity contribution in [1.82, 2.24) is 4.40 Å². The van der Waals surface area contributed by atoms with E-state index >= 15 is 0 Å². The van der Waals surface area contributed by atoms with Crippen molar-refractivity contribution in [2.75, 3.05) is 0 Å². The third-order valence-electron chi connectivity index (χ3n) is 7.09. The Balaban J connectivity index is 2.08. The van der Waals surface area contributed by atoms with Gasteiger partial charge in [-0.05, 0) is 0 Å². The number of fused-ring (bicyclic) bond motifs is 5. The Bertz CT molecular complexity index is 1700. The van der Waals surface area contributed by atoms with Crippen molar-refractivity contribution in [3.8, 4) is 0 Å². The average Bonchev–Trinajstić information content (AvgIpc) is 3.02. The predicted octanol–water partition coefficient (Wildman–Crippen LogP) is 6.12. The van der Waals surface area contributed by atoms with Crippen molar-refractivity contribution < 1.29 is 8.96 Å². The first-order valence-corrected chi connectivity index (χ1v) is 18.2. The van der Waals surface area contributed by atoms with Crippen LogP contribution in [0.4, 0.5) is 4.39 Å². The molecule has 3 aromatic heterocycles. The van der Waals surface area contributed by atoms with Crippen molar-refractivity contribution in [2.45, 2.75) is 31.1 Å². The van der Waals surface area contributed by atoms with E-state index in [1.165, 1.54) is 48.2 Å². The van der Waals surface area contributed by atoms with Gasteiger partial charge in [-0.3, -0.25) is 0 Å². The van der Waals surface area contributed by atoms with E-state index in [1.54, 1.807) is 12.1 Å². The van der Waals surface area contributed by atoms with Crippen molar-refractivity contribution in [2.24, 2.45) is 7.05 Å². The first-order chi connectivity index (χ1) is 14.7. The summed E-state index contributed by atoms with van der Waals surface area (Å²) >= 11 is -2.08. The molecule has 154 valence electrons. The van der Waals surface area contributed by atoms with Gasteiger partial charge in [0.25, 0.3) is 0 Å². The van der Waals surface area contributed by atoms with E-state index in [-0.39, 0.29) is 5.82 Å². The van der Waals surface area contributed by atoms with Crippen LogP contribution in [-0.4, -0.2) is 17.7 Å². The summed E-state index contributed by atoms with van der Waals surface area (Å²) in [6, 6.07) is 14.6. The zero-order valence-electron chi connectivity index (χ0n) is 18.9. The summed E-state index contributed by atoms with van der Waals surface area (Å²) in [5, 5.41) is 6.00.